The average Bonchev–Trinajstić information content (AvgIpc) is 2.55. The van der Waals surface area contributed by atoms with Gasteiger partial charge in [-0.2, -0.15) is 0 Å². The van der Waals surface area contributed by atoms with E-state index < -0.39 is 0 Å². The number of methoxy groups -OCH3 is 1. The summed E-state index contributed by atoms with van der Waals surface area (Å²) in [5.74, 6) is 1.55. The van der Waals surface area contributed by atoms with Crippen molar-refractivity contribution in [2.24, 2.45) is 0 Å². The van der Waals surface area contributed by atoms with E-state index in [-0.39, 0.29) is 0 Å². The molecule has 0 aliphatic heterocycles. The monoisotopic (exact) mass is 282 g/mol. The molecule has 0 unspecified atom stereocenters. The number of benzene rings is 2. The highest BCUT2D eigenvalue weighted by molar-refractivity contribution is 5.67. The molecule has 0 amide bonds. The molecule has 0 fully saturated rings. The Morgan fingerprint density at radius 2 is 1.81 bits per heavy atom. The first-order valence-electron chi connectivity index (χ1n) is 7.28. The van der Waals surface area contributed by atoms with Gasteiger partial charge in [0.1, 0.15) is 6.61 Å². The summed E-state index contributed by atoms with van der Waals surface area (Å²) in [4.78, 5) is 0. The third-order valence-electron chi connectivity index (χ3n) is 3.50. The first kappa shape index (κ1) is 15.2. The van der Waals surface area contributed by atoms with Crippen molar-refractivity contribution in [2.75, 3.05) is 7.11 Å². The zero-order valence-corrected chi connectivity index (χ0v) is 12.9. The van der Waals surface area contributed by atoms with Crippen molar-refractivity contribution in [3.05, 3.63) is 65.7 Å². The molecule has 0 N–H and O–H groups in total. The van der Waals surface area contributed by atoms with E-state index in [1.807, 2.05) is 30.3 Å². The third-order valence-corrected chi connectivity index (χ3v) is 3.50. The molecule has 0 spiro atoms. The molecule has 0 saturated carbocycles. The number of ether oxygens (including phenoxy) is 2. The van der Waals surface area contributed by atoms with Crippen LogP contribution in [0.15, 0.2) is 54.6 Å². The minimum absolute atomic E-state index is 0.542. The SMILES string of the molecule is C/C=C(\CC)c1ccc(OCc2ccccc2)c(OC)c1. The van der Waals surface area contributed by atoms with Crippen LogP contribution in [0.2, 0.25) is 0 Å². The smallest absolute Gasteiger partial charge is 0.161 e. The fraction of sp³-hybridized carbons (Fsp3) is 0.263. The quantitative estimate of drug-likeness (QED) is 0.735. The average molecular weight is 282 g/mol. The molecule has 0 radical (unpaired) electrons. The lowest BCUT2D eigenvalue weighted by Gasteiger charge is -2.13. The fourth-order valence-corrected chi connectivity index (χ4v) is 2.30. The van der Waals surface area contributed by atoms with Crippen LogP contribution in [0.25, 0.3) is 5.57 Å². The maximum atomic E-state index is 5.87. The van der Waals surface area contributed by atoms with Crippen LogP contribution in [0.5, 0.6) is 11.5 Å². The Bertz CT molecular complexity index is 600. The highest BCUT2D eigenvalue weighted by atomic mass is 16.5. The van der Waals surface area contributed by atoms with Crippen molar-refractivity contribution in [1.29, 1.82) is 0 Å². The largest absolute Gasteiger partial charge is 0.493 e. The van der Waals surface area contributed by atoms with Gasteiger partial charge < -0.3 is 9.47 Å². The van der Waals surface area contributed by atoms with Crippen LogP contribution < -0.4 is 9.47 Å². The van der Waals surface area contributed by atoms with Gasteiger partial charge in [0.15, 0.2) is 11.5 Å². The maximum Gasteiger partial charge on any atom is 0.161 e. The van der Waals surface area contributed by atoms with Gasteiger partial charge >= 0.3 is 0 Å². The Balaban J connectivity index is 2.17. The number of allylic oxidation sites excluding steroid dienone is 2. The molecule has 0 bridgehead atoms. The third kappa shape index (κ3) is 3.88. The van der Waals surface area contributed by atoms with Gasteiger partial charge in [0.25, 0.3) is 0 Å². The molecule has 2 rings (SSSR count). The van der Waals surface area contributed by atoms with Gasteiger partial charge in [-0.1, -0.05) is 49.4 Å². The topological polar surface area (TPSA) is 18.5 Å². The Hall–Kier alpha value is -2.22. The first-order valence-corrected chi connectivity index (χ1v) is 7.28. The van der Waals surface area contributed by atoms with E-state index in [0.29, 0.717) is 6.61 Å². The normalized spacial score (nSPS) is 11.3. The van der Waals surface area contributed by atoms with Crippen molar-refractivity contribution in [3.63, 3.8) is 0 Å². The number of hydrogen-bond donors (Lipinski definition) is 0. The minimum Gasteiger partial charge on any atom is -0.493 e. The van der Waals surface area contributed by atoms with Gasteiger partial charge in [-0.15, -0.1) is 0 Å². The van der Waals surface area contributed by atoms with Gasteiger partial charge in [-0.05, 0) is 42.2 Å². The summed E-state index contributed by atoms with van der Waals surface area (Å²) in [7, 11) is 1.68. The zero-order valence-electron chi connectivity index (χ0n) is 12.9. The standard InChI is InChI=1S/C19H22O2/c1-4-16(5-2)17-11-12-18(19(13-17)20-3)21-14-15-9-7-6-8-10-15/h4,6-13H,5,14H2,1-3H3/b16-4+. The van der Waals surface area contributed by atoms with E-state index in [2.05, 4.69) is 38.1 Å². The molecular weight excluding hydrogens is 260 g/mol. The molecule has 21 heavy (non-hydrogen) atoms. The van der Waals surface area contributed by atoms with Crippen LogP contribution in [-0.4, -0.2) is 7.11 Å². The highest BCUT2D eigenvalue weighted by Crippen LogP contribution is 2.32. The van der Waals surface area contributed by atoms with Gasteiger partial charge in [-0.3, -0.25) is 0 Å². The Kier molecular flexibility index (Phi) is 5.44. The van der Waals surface area contributed by atoms with E-state index in [1.165, 1.54) is 11.1 Å². The molecule has 2 heteroatoms. The molecule has 0 aromatic heterocycles. The summed E-state index contributed by atoms with van der Waals surface area (Å²) in [6.45, 7) is 4.76. The lowest BCUT2D eigenvalue weighted by molar-refractivity contribution is 0.284. The Morgan fingerprint density at radius 3 is 2.43 bits per heavy atom. The van der Waals surface area contributed by atoms with Gasteiger partial charge in [0, 0.05) is 0 Å². The summed E-state index contributed by atoms with van der Waals surface area (Å²) in [6.07, 6.45) is 3.14. The van der Waals surface area contributed by atoms with Crippen LogP contribution in [0.4, 0.5) is 0 Å². The molecule has 0 aliphatic rings. The van der Waals surface area contributed by atoms with Crippen molar-refractivity contribution < 1.29 is 9.47 Å². The van der Waals surface area contributed by atoms with Gasteiger partial charge in [-0.25, -0.2) is 0 Å². The second-order valence-corrected chi connectivity index (χ2v) is 4.81. The molecule has 110 valence electrons. The van der Waals surface area contributed by atoms with Gasteiger partial charge in [0.05, 0.1) is 7.11 Å². The van der Waals surface area contributed by atoms with Crippen molar-refractivity contribution in [1.82, 2.24) is 0 Å². The Labute approximate surface area is 127 Å². The van der Waals surface area contributed by atoms with Crippen LogP contribution in [0.3, 0.4) is 0 Å². The van der Waals surface area contributed by atoms with E-state index in [1.54, 1.807) is 7.11 Å². The molecule has 0 aliphatic carbocycles. The van der Waals surface area contributed by atoms with Crippen LogP contribution in [0, 0.1) is 0 Å². The number of hydrogen-bond acceptors (Lipinski definition) is 2. The van der Waals surface area contributed by atoms with Crippen LogP contribution >= 0.6 is 0 Å². The summed E-state index contributed by atoms with van der Waals surface area (Å²) >= 11 is 0. The first-order chi connectivity index (χ1) is 10.3. The molecule has 2 aromatic carbocycles. The second kappa shape index (κ2) is 7.53. The summed E-state index contributed by atoms with van der Waals surface area (Å²) in [5, 5.41) is 0. The van der Waals surface area contributed by atoms with Crippen LogP contribution in [-0.2, 0) is 6.61 Å². The number of rotatable bonds is 6. The van der Waals surface area contributed by atoms with E-state index in [9.17, 15) is 0 Å². The Morgan fingerprint density at radius 1 is 1.05 bits per heavy atom. The molecular formula is C19H22O2. The van der Waals surface area contributed by atoms with E-state index in [0.717, 1.165) is 23.5 Å². The van der Waals surface area contributed by atoms with E-state index >= 15 is 0 Å². The van der Waals surface area contributed by atoms with Crippen molar-refractivity contribution in [3.8, 4) is 11.5 Å². The summed E-state index contributed by atoms with van der Waals surface area (Å²) in [5.41, 5.74) is 3.64. The predicted molar refractivity (Wildman–Crippen MR) is 87.7 cm³/mol. The van der Waals surface area contributed by atoms with Gasteiger partial charge in [0.2, 0.25) is 0 Å². The molecule has 0 atom stereocenters. The highest BCUT2D eigenvalue weighted by Gasteiger charge is 2.08. The molecule has 2 nitrogen and oxygen atoms in total. The van der Waals surface area contributed by atoms with Crippen LogP contribution in [0.1, 0.15) is 31.4 Å². The summed E-state index contributed by atoms with van der Waals surface area (Å²) < 4.78 is 11.3. The molecule has 0 heterocycles. The molecule has 2 aromatic rings. The minimum atomic E-state index is 0.542. The second-order valence-electron chi connectivity index (χ2n) is 4.81. The lowest BCUT2D eigenvalue weighted by Crippen LogP contribution is -1.98. The fourth-order valence-electron chi connectivity index (χ4n) is 2.30. The van der Waals surface area contributed by atoms with Crippen molar-refractivity contribution >= 4 is 5.57 Å². The van der Waals surface area contributed by atoms with Crippen molar-refractivity contribution in [2.45, 2.75) is 26.9 Å². The lowest BCUT2D eigenvalue weighted by atomic mass is 10.0. The zero-order chi connectivity index (χ0) is 15.1. The molecule has 0 saturated heterocycles. The van der Waals surface area contributed by atoms with E-state index in [4.69, 9.17) is 9.47 Å². The predicted octanol–water partition coefficient (Wildman–Crippen LogP) is 5.09. The maximum absolute atomic E-state index is 5.87. The summed E-state index contributed by atoms with van der Waals surface area (Å²) in [6, 6.07) is 16.2.